The van der Waals surface area contributed by atoms with E-state index in [2.05, 4.69) is 0 Å². The van der Waals surface area contributed by atoms with Gasteiger partial charge in [-0.15, -0.1) is 0 Å². The largest absolute Gasteiger partial charge is 0.508 e. The lowest BCUT2D eigenvalue weighted by Crippen LogP contribution is -1.89. The van der Waals surface area contributed by atoms with Gasteiger partial charge in [0.1, 0.15) is 5.75 Å². The molecule has 0 amide bonds. The Morgan fingerprint density at radius 3 is 2.64 bits per heavy atom. The van der Waals surface area contributed by atoms with Crippen molar-refractivity contribution in [3.05, 3.63) is 31.9 Å². The van der Waals surface area contributed by atoms with Crippen LogP contribution in [0.2, 0.25) is 0 Å². The van der Waals surface area contributed by atoms with Gasteiger partial charge >= 0.3 is 0 Å². The predicted octanol–water partition coefficient (Wildman–Crippen LogP) is 1.91. The molecule has 0 aromatic heterocycles. The molecule has 4 nitrogen and oxygen atoms in total. The van der Waals surface area contributed by atoms with Crippen LogP contribution in [0.3, 0.4) is 0 Å². The van der Waals surface area contributed by atoms with E-state index in [0.29, 0.717) is 3.57 Å². The lowest BCUT2D eigenvalue weighted by Gasteiger charge is -1.94. The van der Waals surface area contributed by atoms with E-state index >= 15 is 0 Å². The molecule has 0 fully saturated rings. The zero-order valence-electron chi connectivity index (χ0n) is 5.32. The number of rotatable bonds is 1. The third-order valence-electron chi connectivity index (χ3n) is 1.13. The van der Waals surface area contributed by atoms with E-state index in [4.69, 9.17) is 5.11 Å². The van der Waals surface area contributed by atoms with Crippen molar-refractivity contribution in [3.8, 4) is 5.75 Å². The van der Waals surface area contributed by atoms with Crippen LogP contribution in [-0.2, 0) is 0 Å². The fraction of sp³-hybridized carbons (Fsp3) is 0. The number of benzene rings is 1. The molecule has 58 valence electrons. The third-order valence-corrected chi connectivity index (χ3v) is 1.99. The molecule has 1 aromatic carbocycles. The second kappa shape index (κ2) is 3.04. The van der Waals surface area contributed by atoms with Crippen molar-refractivity contribution in [1.29, 1.82) is 0 Å². The minimum atomic E-state index is -0.485. The van der Waals surface area contributed by atoms with E-state index in [1.807, 2.05) is 0 Å². The number of phenols is 1. The van der Waals surface area contributed by atoms with E-state index in [-0.39, 0.29) is 11.4 Å². The highest BCUT2D eigenvalue weighted by Crippen LogP contribution is 2.24. The smallest absolute Gasteiger partial charge is 0.282 e. The highest BCUT2D eigenvalue weighted by Gasteiger charge is 2.10. The molecule has 1 N–H and O–H groups in total. The van der Waals surface area contributed by atoms with Crippen molar-refractivity contribution in [3.63, 3.8) is 0 Å². The SMILES string of the molecule is O=[N+]([O-])c1ccc(O)cc1I. The van der Waals surface area contributed by atoms with Crippen LogP contribution in [0.1, 0.15) is 0 Å². The average molecular weight is 265 g/mol. The van der Waals surface area contributed by atoms with E-state index in [9.17, 15) is 10.1 Å². The molecule has 0 radical (unpaired) electrons. The van der Waals surface area contributed by atoms with Gasteiger partial charge in [-0.25, -0.2) is 0 Å². The number of nitro groups is 1. The molecule has 1 rings (SSSR count). The Bertz CT molecular complexity index is 300. The summed E-state index contributed by atoms with van der Waals surface area (Å²) in [5.41, 5.74) is 0.0170. The first-order valence-corrected chi connectivity index (χ1v) is 3.82. The van der Waals surface area contributed by atoms with Gasteiger partial charge in [-0.05, 0) is 28.7 Å². The molecule has 5 heteroatoms. The quantitative estimate of drug-likeness (QED) is 0.479. The maximum Gasteiger partial charge on any atom is 0.282 e. The molecule has 0 aliphatic carbocycles. The number of hydrogen-bond acceptors (Lipinski definition) is 3. The van der Waals surface area contributed by atoms with Crippen molar-refractivity contribution in [1.82, 2.24) is 0 Å². The fourth-order valence-corrected chi connectivity index (χ4v) is 1.34. The van der Waals surface area contributed by atoms with Gasteiger partial charge in [0.25, 0.3) is 5.69 Å². The van der Waals surface area contributed by atoms with Crippen molar-refractivity contribution in [2.45, 2.75) is 0 Å². The summed E-state index contributed by atoms with van der Waals surface area (Å²) < 4.78 is 0.438. The maximum absolute atomic E-state index is 10.3. The highest BCUT2D eigenvalue weighted by atomic mass is 127. The van der Waals surface area contributed by atoms with Gasteiger partial charge in [-0.1, -0.05) is 0 Å². The topological polar surface area (TPSA) is 63.4 Å². The van der Waals surface area contributed by atoms with Crippen molar-refractivity contribution in [2.24, 2.45) is 0 Å². The van der Waals surface area contributed by atoms with E-state index in [0.717, 1.165) is 0 Å². The molecule has 1 aromatic rings. The molecule has 0 heterocycles. The Morgan fingerprint density at radius 1 is 1.55 bits per heavy atom. The summed E-state index contributed by atoms with van der Waals surface area (Å²) in [5.74, 6) is 0.0417. The number of aromatic hydroxyl groups is 1. The summed E-state index contributed by atoms with van der Waals surface area (Å²) >= 11 is 1.80. The van der Waals surface area contributed by atoms with Gasteiger partial charge in [0.2, 0.25) is 0 Å². The molecule has 0 saturated carbocycles. The number of hydrogen-bond donors (Lipinski definition) is 1. The lowest BCUT2D eigenvalue weighted by atomic mass is 10.3. The Balaban J connectivity index is 3.20. The minimum Gasteiger partial charge on any atom is -0.508 e. The number of halogens is 1. The Kier molecular flexibility index (Phi) is 2.28. The summed E-state index contributed by atoms with van der Waals surface area (Å²) in [6, 6.07) is 3.91. The summed E-state index contributed by atoms with van der Waals surface area (Å²) in [6.07, 6.45) is 0. The van der Waals surface area contributed by atoms with Gasteiger partial charge in [0, 0.05) is 12.1 Å². The number of nitrogens with zero attached hydrogens (tertiary/aromatic N) is 1. The Morgan fingerprint density at radius 2 is 2.18 bits per heavy atom. The van der Waals surface area contributed by atoms with E-state index in [1.165, 1.54) is 18.2 Å². The monoisotopic (exact) mass is 265 g/mol. The fourth-order valence-electron chi connectivity index (χ4n) is 0.644. The number of nitro benzene ring substituents is 1. The van der Waals surface area contributed by atoms with E-state index < -0.39 is 4.92 Å². The van der Waals surface area contributed by atoms with Crippen LogP contribution in [0.25, 0.3) is 0 Å². The zero-order chi connectivity index (χ0) is 8.43. The molecule has 0 bridgehead atoms. The molecular formula is C6H4INO3. The molecule has 0 atom stereocenters. The summed E-state index contributed by atoms with van der Waals surface area (Å²) in [5, 5.41) is 19.1. The molecule has 0 aliphatic heterocycles. The maximum atomic E-state index is 10.3. The van der Waals surface area contributed by atoms with Gasteiger partial charge in [0.15, 0.2) is 0 Å². The van der Waals surface area contributed by atoms with Crippen molar-refractivity contribution < 1.29 is 10.0 Å². The van der Waals surface area contributed by atoms with Crippen LogP contribution in [0, 0.1) is 13.7 Å². The third kappa shape index (κ3) is 1.79. The number of phenolic OH excluding ortho intramolecular Hbond substituents is 1. The van der Waals surface area contributed by atoms with Crippen LogP contribution < -0.4 is 0 Å². The summed E-state index contributed by atoms with van der Waals surface area (Å²) in [7, 11) is 0. The minimum absolute atomic E-state index is 0.0170. The zero-order valence-corrected chi connectivity index (χ0v) is 7.48. The molecule has 0 saturated heterocycles. The normalized spacial score (nSPS) is 9.55. The van der Waals surface area contributed by atoms with Crippen LogP contribution in [-0.4, -0.2) is 10.0 Å². The van der Waals surface area contributed by atoms with Gasteiger partial charge in [0.05, 0.1) is 8.49 Å². The van der Waals surface area contributed by atoms with Crippen LogP contribution in [0.15, 0.2) is 18.2 Å². The standard InChI is InChI=1S/C6H4INO3/c7-5-3-4(9)1-2-6(5)8(10)11/h1-3,9H. The molecular weight excluding hydrogens is 261 g/mol. The highest BCUT2D eigenvalue weighted by molar-refractivity contribution is 14.1. The molecule has 0 aliphatic rings. The van der Waals surface area contributed by atoms with Crippen LogP contribution in [0.5, 0.6) is 5.75 Å². The van der Waals surface area contributed by atoms with Crippen molar-refractivity contribution >= 4 is 28.3 Å². The van der Waals surface area contributed by atoms with Gasteiger partial charge < -0.3 is 5.11 Å². The summed E-state index contributed by atoms with van der Waals surface area (Å²) in [6.45, 7) is 0. The first-order valence-electron chi connectivity index (χ1n) is 2.74. The second-order valence-corrected chi connectivity index (χ2v) is 3.06. The first kappa shape index (κ1) is 8.25. The van der Waals surface area contributed by atoms with Crippen LogP contribution >= 0.6 is 22.6 Å². The van der Waals surface area contributed by atoms with Crippen molar-refractivity contribution in [2.75, 3.05) is 0 Å². The molecule has 0 unspecified atom stereocenters. The van der Waals surface area contributed by atoms with Gasteiger partial charge in [-0.3, -0.25) is 10.1 Å². The lowest BCUT2D eigenvalue weighted by molar-refractivity contribution is -0.385. The van der Waals surface area contributed by atoms with Gasteiger partial charge in [-0.2, -0.15) is 0 Å². The summed E-state index contributed by atoms with van der Waals surface area (Å²) in [4.78, 5) is 9.77. The first-order chi connectivity index (χ1) is 5.11. The molecule has 11 heavy (non-hydrogen) atoms. The Hall–Kier alpha value is -0.850. The second-order valence-electron chi connectivity index (χ2n) is 1.89. The van der Waals surface area contributed by atoms with E-state index in [1.54, 1.807) is 22.6 Å². The van der Waals surface area contributed by atoms with Crippen LogP contribution in [0.4, 0.5) is 5.69 Å². The Labute approximate surface area is 76.1 Å². The molecule has 0 spiro atoms. The predicted molar refractivity (Wildman–Crippen MR) is 47.5 cm³/mol. The average Bonchev–Trinajstić information content (AvgIpc) is 1.85.